The highest BCUT2D eigenvalue weighted by atomic mass is 19.4. The van der Waals surface area contributed by atoms with E-state index >= 15 is 0 Å². The molecule has 45 heavy (non-hydrogen) atoms. The first-order chi connectivity index (χ1) is 21.5. The summed E-state index contributed by atoms with van der Waals surface area (Å²) in [6, 6.07) is 29.7. The summed E-state index contributed by atoms with van der Waals surface area (Å²) in [5, 5.41) is 9.51. The second-order valence-corrected chi connectivity index (χ2v) is 10.3. The molecule has 0 aliphatic carbocycles. The molecule has 0 atom stereocenters. The van der Waals surface area contributed by atoms with Crippen molar-refractivity contribution >= 4 is 11.6 Å². The van der Waals surface area contributed by atoms with Crippen LogP contribution in [0.25, 0.3) is 11.3 Å². The number of anilines is 1. The number of nitriles is 1. The first-order valence-electron chi connectivity index (χ1n) is 13.8. The van der Waals surface area contributed by atoms with Gasteiger partial charge in [-0.2, -0.15) is 18.4 Å². The summed E-state index contributed by atoms with van der Waals surface area (Å²) in [5.74, 6) is 0.328. The van der Waals surface area contributed by atoms with Crippen molar-refractivity contribution in [2.75, 3.05) is 5.43 Å². The molecule has 0 bridgehead atoms. The van der Waals surface area contributed by atoms with Gasteiger partial charge in [-0.25, -0.2) is 0 Å². The van der Waals surface area contributed by atoms with Crippen LogP contribution >= 0.6 is 0 Å². The summed E-state index contributed by atoms with van der Waals surface area (Å²) in [6.07, 6.45) is -4.91. The molecule has 5 rings (SSSR count). The molecule has 226 valence electrons. The van der Waals surface area contributed by atoms with Crippen LogP contribution in [0.3, 0.4) is 0 Å². The SMILES string of the molecule is Cc1ccc(Cn2c(-c3ccc(Oc4cccc(C(=O)NNc5ccccc5)c4)cc3)cc(C(F)(F)F)c(C#N)c2=O)c(C)c1. The van der Waals surface area contributed by atoms with Crippen LogP contribution in [0.15, 0.2) is 108 Å². The van der Waals surface area contributed by atoms with Crippen molar-refractivity contribution < 1.29 is 22.7 Å². The van der Waals surface area contributed by atoms with E-state index in [0.29, 0.717) is 28.3 Å². The van der Waals surface area contributed by atoms with Gasteiger partial charge in [-0.15, -0.1) is 0 Å². The maximum absolute atomic E-state index is 14.0. The maximum atomic E-state index is 14.0. The molecule has 5 aromatic rings. The molecule has 4 aromatic carbocycles. The fourth-order valence-corrected chi connectivity index (χ4v) is 4.82. The minimum Gasteiger partial charge on any atom is -0.457 e. The number of hydrazine groups is 1. The van der Waals surface area contributed by atoms with Crippen LogP contribution in [-0.4, -0.2) is 10.5 Å². The molecule has 0 radical (unpaired) electrons. The van der Waals surface area contributed by atoms with E-state index in [-0.39, 0.29) is 18.1 Å². The third-order valence-electron chi connectivity index (χ3n) is 7.12. The molecule has 0 saturated carbocycles. The number of hydrogen-bond donors (Lipinski definition) is 2. The number of carbonyl (C=O) groups is 1. The summed E-state index contributed by atoms with van der Waals surface area (Å²) in [6.45, 7) is 3.74. The number of para-hydroxylation sites is 1. The van der Waals surface area contributed by atoms with Crippen LogP contribution in [0.1, 0.15) is 38.2 Å². The van der Waals surface area contributed by atoms with E-state index in [0.717, 1.165) is 22.8 Å². The van der Waals surface area contributed by atoms with Crippen molar-refractivity contribution in [3.8, 4) is 28.8 Å². The number of rotatable bonds is 8. The van der Waals surface area contributed by atoms with Crippen molar-refractivity contribution in [2.45, 2.75) is 26.6 Å². The van der Waals surface area contributed by atoms with Crippen LogP contribution in [-0.2, 0) is 12.7 Å². The number of hydrogen-bond acceptors (Lipinski definition) is 5. The molecule has 2 N–H and O–H groups in total. The molecule has 0 unspecified atom stereocenters. The van der Waals surface area contributed by atoms with Gasteiger partial charge in [0.2, 0.25) is 0 Å². The highest BCUT2D eigenvalue weighted by molar-refractivity contribution is 5.95. The molecule has 0 aliphatic rings. The van der Waals surface area contributed by atoms with Crippen molar-refractivity contribution in [3.63, 3.8) is 0 Å². The number of aryl methyl sites for hydroxylation is 2. The quantitative estimate of drug-likeness (QED) is 0.177. The molecule has 10 heteroatoms. The first-order valence-corrected chi connectivity index (χ1v) is 13.8. The largest absolute Gasteiger partial charge is 0.457 e. The lowest BCUT2D eigenvalue weighted by Gasteiger charge is -2.19. The lowest BCUT2D eigenvalue weighted by atomic mass is 10.0. The predicted molar refractivity (Wildman–Crippen MR) is 165 cm³/mol. The number of nitrogens with one attached hydrogen (secondary N) is 2. The Hall–Kier alpha value is -5.82. The van der Waals surface area contributed by atoms with Gasteiger partial charge in [-0.1, -0.05) is 48.0 Å². The zero-order valence-corrected chi connectivity index (χ0v) is 24.3. The van der Waals surface area contributed by atoms with Gasteiger partial charge in [0.1, 0.15) is 23.1 Å². The second-order valence-electron chi connectivity index (χ2n) is 10.3. The Morgan fingerprint density at radius 3 is 2.29 bits per heavy atom. The minimum atomic E-state index is -4.91. The number of pyridine rings is 1. The molecule has 0 aliphatic heterocycles. The van der Waals surface area contributed by atoms with Gasteiger partial charge in [-0.3, -0.25) is 20.4 Å². The van der Waals surface area contributed by atoms with E-state index in [1.165, 1.54) is 22.8 Å². The van der Waals surface area contributed by atoms with Gasteiger partial charge in [0.05, 0.1) is 23.5 Å². The number of halogens is 3. The van der Waals surface area contributed by atoms with Gasteiger partial charge in [-0.05, 0) is 91.2 Å². The smallest absolute Gasteiger partial charge is 0.417 e. The predicted octanol–water partition coefficient (Wildman–Crippen LogP) is 7.62. The number of benzene rings is 4. The Morgan fingerprint density at radius 2 is 1.62 bits per heavy atom. The summed E-state index contributed by atoms with van der Waals surface area (Å²) in [4.78, 5) is 26.0. The lowest BCUT2D eigenvalue weighted by molar-refractivity contribution is -0.137. The molecule has 0 fully saturated rings. The zero-order chi connectivity index (χ0) is 32.1. The van der Waals surface area contributed by atoms with Crippen LogP contribution in [0.2, 0.25) is 0 Å². The minimum absolute atomic E-state index is 0.00225. The van der Waals surface area contributed by atoms with Crippen LogP contribution in [0, 0.1) is 25.2 Å². The van der Waals surface area contributed by atoms with E-state index in [1.807, 2.05) is 50.2 Å². The number of amides is 1. The van der Waals surface area contributed by atoms with Crippen molar-refractivity contribution in [1.29, 1.82) is 5.26 Å². The summed E-state index contributed by atoms with van der Waals surface area (Å²) in [5.41, 5.74) is 6.13. The molecule has 7 nitrogen and oxygen atoms in total. The number of carbonyl (C=O) groups excluding carboxylic acids is 1. The topological polar surface area (TPSA) is 96.2 Å². The highest BCUT2D eigenvalue weighted by Gasteiger charge is 2.36. The molecule has 1 aromatic heterocycles. The fourth-order valence-electron chi connectivity index (χ4n) is 4.82. The first kappa shape index (κ1) is 30.6. The van der Waals surface area contributed by atoms with E-state index in [4.69, 9.17) is 4.74 Å². The van der Waals surface area contributed by atoms with Gasteiger partial charge in [0.15, 0.2) is 0 Å². The molecule has 1 amide bonds. The van der Waals surface area contributed by atoms with Crippen LogP contribution in [0.4, 0.5) is 18.9 Å². The summed E-state index contributed by atoms with van der Waals surface area (Å²) in [7, 11) is 0. The van der Waals surface area contributed by atoms with Gasteiger partial charge < -0.3 is 9.30 Å². The summed E-state index contributed by atoms with van der Waals surface area (Å²) >= 11 is 0. The number of aromatic nitrogens is 1. The number of nitrogens with zero attached hydrogens (tertiary/aromatic N) is 2. The Labute approximate surface area is 257 Å². The Morgan fingerprint density at radius 1 is 0.889 bits per heavy atom. The third kappa shape index (κ3) is 7.05. The molecule has 0 spiro atoms. The van der Waals surface area contributed by atoms with Gasteiger partial charge in [0, 0.05) is 5.56 Å². The highest BCUT2D eigenvalue weighted by Crippen LogP contribution is 2.34. The zero-order valence-electron chi connectivity index (χ0n) is 24.3. The average molecular weight is 609 g/mol. The van der Waals surface area contributed by atoms with Crippen LogP contribution in [0.5, 0.6) is 11.5 Å². The van der Waals surface area contributed by atoms with Crippen molar-refractivity contribution in [3.05, 3.63) is 147 Å². The number of ether oxygens (including phenoxy) is 1. The van der Waals surface area contributed by atoms with E-state index in [2.05, 4.69) is 10.9 Å². The van der Waals surface area contributed by atoms with Crippen molar-refractivity contribution in [2.24, 2.45) is 0 Å². The Bertz CT molecular complexity index is 1960. The monoisotopic (exact) mass is 608 g/mol. The Balaban J connectivity index is 1.44. The Kier molecular flexibility index (Phi) is 8.72. The van der Waals surface area contributed by atoms with E-state index in [9.17, 15) is 28.0 Å². The molecular weight excluding hydrogens is 581 g/mol. The van der Waals surface area contributed by atoms with Crippen LogP contribution < -0.4 is 21.1 Å². The third-order valence-corrected chi connectivity index (χ3v) is 7.12. The number of alkyl halides is 3. The second kappa shape index (κ2) is 12.8. The van der Waals surface area contributed by atoms with E-state index in [1.54, 1.807) is 48.5 Å². The maximum Gasteiger partial charge on any atom is 0.417 e. The average Bonchev–Trinajstić information content (AvgIpc) is 3.02. The van der Waals surface area contributed by atoms with Gasteiger partial charge in [0.25, 0.3) is 11.5 Å². The fraction of sp³-hybridized carbons (Fsp3) is 0.114. The normalized spacial score (nSPS) is 11.0. The van der Waals surface area contributed by atoms with Gasteiger partial charge >= 0.3 is 6.18 Å². The standard InChI is InChI=1S/C35H27F3N4O3/c1-22-11-12-26(23(2)17-22)21-42-32(19-31(35(36,37)38)30(20-39)34(42)44)24-13-15-28(16-14-24)45-29-10-6-7-25(18-29)33(43)41-40-27-8-4-3-5-9-27/h3-19,40H,21H2,1-2H3,(H,41,43). The van der Waals surface area contributed by atoms with E-state index < -0.39 is 22.9 Å². The molecule has 0 saturated heterocycles. The lowest BCUT2D eigenvalue weighted by Crippen LogP contribution is -2.29. The molecular formula is C35H27F3N4O3. The van der Waals surface area contributed by atoms with Crippen molar-refractivity contribution in [1.82, 2.24) is 9.99 Å². The molecule has 1 heterocycles. The summed E-state index contributed by atoms with van der Waals surface area (Å²) < 4.78 is 49.0.